The quantitative estimate of drug-likeness (QED) is 0.484. The van der Waals surface area contributed by atoms with E-state index in [1.165, 1.54) is 6.07 Å². The number of hydrogen-bond donors (Lipinski definition) is 2. The van der Waals surface area contributed by atoms with E-state index in [1.54, 1.807) is 41.3 Å². The van der Waals surface area contributed by atoms with E-state index in [1.807, 2.05) is 26.8 Å². The van der Waals surface area contributed by atoms with Gasteiger partial charge in [0.05, 0.1) is 0 Å². The fraction of sp³-hybridized carbons (Fsp3) is 0.407. The van der Waals surface area contributed by atoms with Crippen LogP contribution in [-0.4, -0.2) is 32.6 Å². The summed E-state index contributed by atoms with van der Waals surface area (Å²) >= 11 is 0. The molecule has 2 aromatic heterocycles. The van der Waals surface area contributed by atoms with E-state index in [2.05, 4.69) is 20.7 Å². The van der Waals surface area contributed by atoms with Gasteiger partial charge in [0.1, 0.15) is 17.6 Å². The third kappa shape index (κ3) is 5.58. The summed E-state index contributed by atoms with van der Waals surface area (Å²) in [5.41, 5.74) is 2.62. The van der Waals surface area contributed by atoms with E-state index in [4.69, 9.17) is 0 Å². The topological polar surface area (TPSA) is 88.9 Å². The lowest BCUT2D eigenvalue weighted by molar-refractivity contribution is -0.119. The smallest absolute Gasteiger partial charge is 0.270 e. The molecule has 0 bridgehead atoms. The Balaban J connectivity index is 1.54. The molecule has 0 spiro atoms. The molecule has 3 aromatic rings. The van der Waals surface area contributed by atoms with Crippen LogP contribution in [0.15, 0.2) is 48.8 Å². The number of pyridine rings is 1. The number of carbonyl (C=O) groups excluding carboxylic acids is 2. The molecule has 8 heteroatoms. The van der Waals surface area contributed by atoms with Crippen molar-refractivity contribution in [3.05, 3.63) is 66.0 Å². The van der Waals surface area contributed by atoms with Crippen molar-refractivity contribution in [2.24, 2.45) is 5.92 Å². The number of amides is 2. The molecule has 7 nitrogen and oxygen atoms in total. The highest BCUT2D eigenvalue weighted by atomic mass is 19.1. The number of anilines is 1. The van der Waals surface area contributed by atoms with Crippen molar-refractivity contribution in [3.63, 3.8) is 0 Å². The van der Waals surface area contributed by atoms with Crippen molar-refractivity contribution in [3.8, 4) is 11.1 Å². The van der Waals surface area contributed by atoms with E-state index < -0.39 is 11.9 Å². The number of nitrogens with zero attached hydrogens (tertiary/aromatic N) is 3. The average Bonchev–Trinajstić information content (AvgIpc) is 3.34. The number of aromatic nitrogens is 3. The fourth-order valence-electron chi connectivity index (χ4n) is 4.79. The number of hydrogen-bond acceptors (Lipinski definition) is 4. The molecule has 2 heterocycles. The molecule has 1 fully saturated rings. The second-order valence-electron chi connectivity index (χ2n) is 9.42. The predicted molar refractivity (Wildman–Crippen MR) is 133 cm³/mol. The minimum absolute atomic E-state index is 0.0117. The number of aryl methyl sites for hydroxylation is 1. The van der Waals surface area contributed by atoms with Gasteiger partial charge in [-0.2, -0.15) is 5.10 Å². The zero-order valence-corrected chi connectivity index (χ0v) is 20.4. The molecule has 35 heavy (non-hydrogen) atoms. The van der Waals surface area contributed by atoms with Gasteiger partial charge in [-0.3, -0.25) is 19.3 Å². The van der Waals surface area contributed by atoms with Crippen LogP contribution < -0.4 is 10.6 Å². The summed E-state index contributed by atoms with van der Waals surface area (Å²) in [6.45, 7) is 5.72. The summed E-state index contributed by atoms with van der Waals surface area (Å²) in [5.74, 6) is -1.11. The molecule has 1 aromatic carbocycles. The first-order chi connectivity index (χ1) is 16.8. The summed E-state index contributed by atoms with van der Waals surface area (Å²) in [6.07, 6.45) is 8.12. The Kier molecular flexibility index (Phi) is 7.58. The van der Waals surface area contributed by atoms with Crippen LogP contribution in [0.3, 0.4) is 0 Å². The number of benzene rings is 1. The van der Waals surface area contributed by atoms with Gasteiger partial charge in [-0.15, -0.1) is 0 Å². The minimum Gasteiger partial charge on any atom is -0.339 e. The van der Waals surface area contributed by atoms with Gasteiger partial charge in [0.2, 0.25) is 5.91 Å². The second-order valence-corrected chi connectivity index (χ2v) is 9.42. The minimum atomic E-state index is -0.721. The fourth-order valence-corrected chi connectivity index (χ4v) is 4.79. The summed E-state index contributed by atoms with van der Waals surface area (Å²) < 4.78 is 16.6. The highest BCUT2D eigenvalue weighted by molar-refractivity contribution is 6.00. The van der Waals surface area contributed by atoms with Gasteiger partial charge in [0.15, 0.2) is 0 Å². The lowest BCUT2D eigenvalue weighted by atomic mass is 9.83. The summed E-state index contributed by atoms with van der Waals surface area (Å²) in [6, 6.07) is 9.16. The molecular weight excluding hydrogens is 445 g/mol. The average molecular weight is 478 g/mol. The van der Waals surface area contributed by atoms with Crippen LogP contribution in [0.4, 0.5) is 10.1 Å². The molecule has 0 saturated heterocycles. The second kappa shape index (κ2) is 10.8. The van der Waals surface area contributed by atoms with Crippen molar-refractivity contribution in [1.82, 2.24) is 20.1 Å². The molecule has 0 aliphatic heterocycles. The van der Waals surface area contributed by atoms with Gasteiger partial charge in [-0.05, 0) is 69.9 Å². The van der Waals surface area contributed by atoms with E-state index >= 15 is 0 Å². The van der Waals surface area contributed by atoms with Crippen molar-refractivity contribution in [2.75, 3.05) is 5.32 Å². The summed E-state index contributed by atoms with van der Waals surface area (Å²) in [5, 5.41) is 10.0. The molecule has 0 unspecified atom stereocenters. The lowest BCUT2D eigenvalue weighted by Crippen LogP contribution is -2.49. The van der Waals surface area contributed by atoms with Crippen LogP contribution in [0, 0.1) is 18.7 Å². The number of rotatable bonds is 7. The third-order valence-electron chi connectivity index (χ3n) is 6.62. The highest BCUT2D eigenvalue weighted by Crippen LogP contribution is 2.29. The molecular formula is C27H32FN5O2. The Bertz CT molecular complexity index is 1200. The van der Waals surface area contributed by atoms with Gasteiger partial charge in [0.25, 0.3) is 5.91 Å². The standard InChI is InChI=1S/C27H32FN5O2/c1-17(2)33-24(13-15-30-33)26(34)32-25(19-8-5-4-6-9-19)27(35)31-20-11-12-22(23(28)16-20)21-10-7-14-29-18(21)3/h7,10-17,19,25H,4-6,8-9H2,1-3H3,(H,31,35)(H,32,34)/t25-/m0/s1. The van der Waals surface area contributed by atoms with Crippen molar-refractivity contribution < 1.29 is 14.0 Å². The van der Waals surface area contributed by atoms with Gasteiger partial charge in [0, 0.05) is 40.9 Å². The van der Waals surface area contributed by atoms with Gasteiger partial charge < -0.3 is 10.6 Å². The van der Waals surface area contributed by atoms with Crippen LogP contribution in [0.2, 0.25) is 0 Å². The van der Waals surface area contributed by atoms with Crippen LogP contribution in [0.1, 0.15) is 68.2 Å². The van der Waals surface area contributed by atoms with E-state index in [0.29, 0.717) is 22.5 Å². The molecule has 0 radical (unpaired) electrons. The Morgan fingerprint density at radius 3 is 2.51 bits per heavy atom. The molecule has 1 aliphatic rings. The van der Waals surface area contributed by atoms with Gasteiger partial charge >= 0.3 is 0 Å². The van der Waals surface area contributed by atoms with Gasteiger partial charge in [-0.25, -0.2) is 4.39 Å². The van der Waals surface area contributed by atoms with Crippen molar-refractivity contribution in [2.45, 2.75) is 65.0 Å². The van der Waals surface area contributed by atoms with E-state index in [-0.39, 0.29) is 23.8 Å². The summed E-state index contributed by atoms with van der Waals surface area (Å²) in [7, 11) is 0. The molecule has 184 valence electrons. The molecule has 1 atom stereocenters. The monoisotopic (exact) mass is 477 g/mol. The Hall–Kier alpha value is -3.55. The number of carbonyl (C=O) groups is 2. The molecule has 2 amide bonds. The molecule has 2 N–H and O–H groups in total. The molecule has 1 aliphatic carbocycles. The first-order valence-corrected chi connectivity index (χ1v) is 12.2. The van der Waals surface area contributed by atoms with E-state index in [9.17, 15) is 14.0 Å². The number of halogens is 1. The van der Waals surface area contributed by atoms with Crippen LogP contribution in [-0.2, 0) is 4.79 Å². The van der Waals surface area contributed by atoms with Crippen LogP contribution >= 0.6 is 0 Å². The van der Waals surface area contributed by atoms with Crippen molar-refractivity contribution >= 4 is 17.5 Å². The summed E-state index contributed by atoms with van der Waals surface area (Å²) in [4.78, 5) is 30.7. The van der Waals surface area contributed by atoms with Crippen LogP contribution in [0.5, 0.6) is 0 Å². The van der Waals surface area contributed by atoms with Crippen LogP contribution in [0.25, 0.3) is 11.1 Å². The number of nitrogens with one attached hydrogen (secondary N) is 2. The maximum atomic E-state index is 15.0. The first-order valence-electron chi connectivity index (χ1n) is 12.2. The molecule has 1 saturated carbocycles. The highest BCUT2D eigenvalue weighted by Gasteiger charge is 2.32. The Morgan fingerprint density at radius 1 is 1.06 bits per heavy atom. The van der Waals surface area contributed by atoms with Crippen molar-refractivity contribution in [1.29, 1.82) is 0 Å². The third-order valence-corrected chi connectivity index (χ3v) is 6.62. The normalized spacial score (nSPS) is 15.1. The predicted octanol–water partition coefficient (Wildman–Crippen LogP) is 5.29. The first kappa shape index (κ1) is 24.6. The van der Waals surface area contributed by atoms with Gasteiger partial charge in [-0.1, -0.05) is 25.3 Å². The largest absolute Gasteiger partial charge is 0.339 e. The van der Waals surface area contributed by atoms with E-state index in [0.717, 1.165) is 37.8 Å². The Labute approximate surface area is 205 Å². The Morgan fingerprint density at radius 2 is 1.83 bits per heavy atom. The zero-order valence-electron chi connectivity index (χ0n) is 20.4. The maximum absolute atomic E-state index is 15.0. The lowest BCUT2D eigenvalue weighted by Gasteiger charge is -2.30. The zero-order chi connectivity index (χ0) is 24.9. The molecule has 4 rings (SSSR count). The maximum Gasteiger partial charge on any atom is 0.270 e. The SMILES string of the molecule is Cc1ncccc1-c1ccc(NC(=O)[C@@H](NC(=O)c2ccnn2C(C)C)C2CCCCC2)cc1F.